The highest BCUT2D eigenvalue weighted by atomic mass is 19.4. The molecule has 2 unspecified atom stereocenters. The number of rotatable bonds is 5. The average Bonchev–Trinajstić information content (AvgIpc) is 3.17. The summed E-state index contributed by atoms with van der Waals surface area (Å²) in [5, 5.41) is 19.8. The van der Waals surface area contributed by atoms with Gasteiger partial charge in [0.25, 0.3) is 0 Å². The van der Waals surface area contributed by atoms with Gasteiger partial charge in [0.05, 0.1) is 12.6 Å². The molecule has 2 aliphatic rings. The van der Waals surface area contributed by atoms with Crippen LogP contribution < -0.4 is 4.74 Å². The zero-order chi connectivity index (χ0) is 20.8. The van der Waals surface area contributed by atoms with Crippen LogP contribution in [-0.4, -0.2) is 53.0 Å². The number of fused-ring (bicyclic) bond motifs is 3. The largest absolute Gasteiger partial charge is 0.491 e. The summed E-state index contributed by atoms with van der Waals surface area (Å²) in [5.74, 6) is 0.103. The summed E-state index contributed by atoms with van der Waals surface area (Å²) < 4.78 is 47.3. The highest BCUT2D eigenvalue weighted by molar-refractivity contribution is 5.81. The lowest BCUT2D eigenvalue weighted by molar-refractivity contribution is -0.246. The molecule has 4 rings (SSSR count). The van der Waals surface area contributed by atoms with Crippen LogP contribution in [0, 0.1) is 0 Å². The molecule has 1 aliphatic heterocycles. The lowest BCUT2D eigenvalue weighted by Gasteiger charge is -2.28. The van der Waals surface area contributed by atoms with Crippen molar-refractivity contribution in [3.63, 3.8) is 0 Å². The number of carbonyl (C=O) groups excluding carboxylic acids is 1. The predicted octanol–water partition coefficient (Wildman–Crippen LogP) is 2.83. The van der Waals surface area contributed by atoms with Crippen LogP contribution in [0.1, 0.15) is 24.0 Å². The SMILES string of the molecule is O=C1CCC(COc2ccc3c(c2)C(O)(C(F)(F)F)c2ccccc2-3)N1CCO. The van der Waals surface area contributed by atoms with Gasteiger partial charge in [-0.25, -0.2) is 0 Å². The normalized spacial score (nSPS) is 23.3. The van der Waals surface area contributed by atoms with E-state index in [-0.39, 0.29) is 48.6 Å². The van der Waals surface area contributed by atoms with Crippen LogP contribution in [0.3, 0.4) is 0 Å². The van der Waals surface area contributed by atoms with Crippen molar-refractivity contribution in [1.82, 2.24) is 4.90 Å². The molecule has 0 spiro atoms. The minimum absolute atomic E-state index is 0.0801. The van der Waals surface area contributed by atoms with Crippen molar-refractivity contribution >= 4 is 5.91 Å². The number of carbonyl (C=O) groups is 1. The Morgan fingerprint density at radius 3 is 2.59 bits per heavy atom. The molecule has 1 amide bonds. The second-order valence-corrected chi connectivity index (χ2v) is 7.28. The second-order valence-electron chi connectivity index (χ2n) is 7.28. The van der Waals surface area contributed by atoms with Crippen molar-refractivity contribution in [3.05, 3.63) is 53.6 Å². The Balaban J connectivity index is 1.63. The third-order valence-electron chi connectivity index (χ3n) is 5.63. The van der Waals surface area contributed by atoms with Gasteiger partial charge in [-0.05, 0) is 29.7 Å². The van der Waals surface area contributed by atoms with E-state index in [0.29, 0.717) is 24.0 Å². The first-order valence-electron chi connectivity index (χ1n) is 9.34. The number of benzene rings is 2. The van der Waals surface area contributed by atoms with Gasteiger partial charge in [0.1, 0.15) is 12.4 Å². The van der Waals surface area contributed by atoms with Crippen LogP contribution in [0.15, 0.2) is 42.5 Å². The predicted molar refractivity (Wildman–Crippen MR) is 98.2 cm³/mol. The summed E-state index contributed by atoms with van der Waals surface area (Å²) in [5.41, 5.74) is -2.92. The van der Waals surface area contributed by atoms with E-state index in [9.17, 15) is 23.1 Å². The maximum absolute atomic E-state index is 13.9. The zero-order valence-electron chi connectivity index (χ0n) is 15.4. The van der Waals surface area contributed by atoms with Crippen molar-refractivity contribution in [2.75, 3.05) is 19.8 Å². The number of ether oxygens (including phenoxy) is 1. The molecule has 1 saturated heterocycles. The number of nitrogens with zero attached hydrogens (tertiary/aromatic N) is 1. The fraction of sp³-hybridized carbons (Fsp3) is 0.381. The van der Waals surface area contributed by atoms with Gasteiger partial charge in [-0.3, -0.25) is 4.79 Å². The number of halogens is 3. The fourth-order valence-electron chi connectivity index (χ4n) is 4.21. The first-order chi connectivity index (χ1) is 13.8. The zero-order valence-corrected chi connectivity index (χ0v) is 15.4. The summed E-state index contributed by atoms with van der Waals surface area (Å²) in [6.45, 7) is 0.125. The number of β-amino-alcohol motifs (C(OH)–C–C–N with tert-alkyl or cyclic N) is 1. The van der Waals surface area contributed by atoms with Crippen molar-refractivity contribution in [2.24, 2.45) is 0 Å². The molecule has 2 aromatic rings. The summed E-state index contributed by atoms with van der Waals surface area (Å²) in [6.07, 6.45) is -3.99. The maximum atomic E-state index is 13.9. The molecule has 154 valence electrons. The van der Waals surface area contributed by atoms with Crippen LogP contribution in [0.5, 0.6) is 5.75 Å². The lowest BCUT2D eigenvalue weighted by Crippen LogP contribution is -2.41. The van der Waals surface area contributed by atoms with E-state index in [1.807, 2.05) is 0 Å². The van der Waals surface area contributed by atoms with Gasteiger partial charge < -0.3 is 19.8 Å². The molecule has 1 aliphatic carbocycles. The molecule has 8 heteroatoms. The van der Waals surface area contributed by atoms with Gasteiger partial charge in [0, 0.05) is 24.1 Å². The first kappa shape index (κ1) is 19.7. The van der Waals surface area contributed by atoms with Crippen LogP contribution in [0.4, 0.5) is 13.2 Å². The van der Waals surface area contributed by atoms with Gasteiger partial charge in [-0.2, -0.15) is 13.2 Å². The molecule has 2 N–H and O–H groups in total. The molecule has 29 heavy (non-hydrogen) atoms. The molecule has 2 aromatic carbocycles. The Hall–Kier alpha value is -2.58. The van der Waals surface area contributed by atoms with Gasteiger partial charge in [0.2, 0.25) is 11.5 Å². The van der Waals surface area contributed by atoms with Crippen molar-refractivity contribution in [2.45, 2.75) is 30.7 Å². The smallest absolute Gasteiger partial charge is 0.425 e. The van der Waals surface area contributed by atoms with E-state index in [2.05, 4.69) is 0 Å². The topological polar surface area (TPSA) is 70.0 Å². The summed E-state index contributed by atoms with van der Waals surface area (Å²) >= 11 is 0. The van der Waals surface area contributed by atoms with E-state index >= 15 is 0 Å². The van der Waals surface area contributed by atoms with E-state index in [1.165, 1.54) is 29.2 Å². The maximum Gasteiger partial charge on any atom is 0.425 e. The molecule has 1 fully saturated rings. The molecule has 0 saturated carbocycles. The third-order valence-corrected chi connectivity index (χ3v) is 5.63. The molecule has 1 heterocycles. The number of aliphatic hydroxyl groups excluding tert-OH is 1. The molecule has 0 bridgehead atoms. The molecule has 0 radical (unpaired) electrons. The van der Waals surface area contributed by atoms with Crippen molar-refractivity contribution in [1.29, 1.82) is 0 Å². The number of amides is 1. The van der Waals surface area contributed by atoms with Gasteiger partial charge in [-0.15, -0.1) is 0 Å². The minimum Gasteiger partial charge on any atom is -0.491 e. The summed E-state index contributed by atoms with van der Waals surface area (Å²) in [6, 6.07) is 9.96. The van der Waals surface area contributed by atoms with Gasteiger partial charge in [-0.1, -0.05) is 30.3 Å². The minimum atomic E-state index is -4.90. The number of hydrogen-bond acceptors (Lipinski definition) is 4. The van der Waals surface area contributed by atoms with E-state index in [0.717, 1.165) is 0 Å². The second kappa shape index (κ2) is 7.03. The Bertz CT molecular complexity index is 946. The number of likely N-dealkylation sites (tertiary alicyclic amines) is 1. The van der Waals surface area contributed by atoms with E-state index in [1.54, 1.807) is 18.2 Å². The standard InChI is InChI=1S/C21H20F3NO4/c22-21(23,24)20(28)17-4-2-1-3-15(17)16-7-6-14(11-18(16)20)29-12-13-5-8-19(27)25(13)9-10-26/h1-4,6-7,11,13,26,28H,5,8-10,12H2. The summed E-state index contributed by atoms with van der Waals surface area (Å²) in [7, 11) is 0. The number of alkyl halides is 3. The molecule has 0 aromatic heterocycles. The van der Waals surface area contributed by atoms with Gasteiger partial charge in [0.15, 0.2) is 0 Å². The van der Waals surface area contributed by atoms with E-state index < -0.39 is 11.8 Å². The Morgan fingerprint density at radius 1 is 1.14 bits per heavy atom. The number of hydrogen-bond donors (Lipinski definition) is 2. The summed E-state index contributed by atoms with van der Waals surface area (Å²) in [4.78, 5) is 13.4. The Labute approximate surface area is 165 Å². The highest BCUT2D eigenvalue weighted by Gasteiger charge is 2.60. The molecule has 5 nitrogen and oxygen atoms in total. The van der Waals surface area contributed by atoms with Crippen LogP contribution in [0.25, 0.3) is 11.1 Å². The Morgan fingerprint density at radius 2 is 1.86 bits per heavy atom. The van der Waals surface area contributed by atoms with Crippen LogP contribution in [0.2, 0.25) is 0 Å². The quantitative estimate of drug-likeness (QED) is 0.800. The Kier molecular flexibility index (Phi) is 4.78. The average molecular weight is 407 g/mol. The third kappa shape index (κ3) is 3.07. The molecular formula is C21H20F3NO4. The molecule has 2 atom stereocenters. The lowest BCUT2D eigenvalue weighted by atomic mass is 9.90. The monoisotopic (exact) mass is 407 g/mol. The van der Waals surface area contributed by atoms with Crippen molar-refractivity contribution < 1.29 is 32.9 Å². The first-order valence-corrected chi connectivity index (χ1v) is 9.34. The highest BCUT2D eigenvalue weighted by Crippen LogP contribution is 2.55. The van der Waals surface area contributed by atoms with Gasteiger partial charge >= 0.3 is 6.18 Å². The van der Waals surface area contributed by atoms with Crippen molar-refractivity contribution in [3.8, 4) is 16.9 Å². The number of aliphatic hydroxyl groups is 2. The van der Waals surface area contributed by atoms with Crippen LogP contribution >= 0.6 is 0 Å². The fourth-order valence-corrected chi connectivity index (χ4v) is 4.21. The molecular weight excluding hydrogens is 387 g/mol. The van der Waals surface area contributed by atoms with E-state index in [4.69, 9.17) is 9.84 Å². The van der Waals surface area contributed by atoms with Crippen LogP contribution in [-0.2, 0) is 10.4 Å².